The lowest BCUT2D eigenvalue weighted by atomic mass is 9.83. The quantitative estimate of drug-likeness (QED) is 0.633. The minimum absolute atomic E-state index is 0.180. The summed E-state index contributed by atoms with van der Waals surface area (Å²) in [5.74, 6) is 0. The smallest absolute Gasteiger partial charge is 0.00666 e. The Balaban J connectivity index is 2.52. The molecule has 1 rings (SSSR count). The van der Waals surface area contributed by atoms with E-state index in [-0.39, 0.29) is 5.41 Å². The van der Waals surface area contributed by atoms with Crippen molar-refractivity contribution in [2.75, 3.05) is 0 Å². The number of hydrogen-bond donors (Lipinski definition) is 0. The van der Waals surface area contributed by atoms with Crippen LogP contribution < -0.4 is 0 Å². The standard InChI is InChI=1S/C16H22/c1-13(11-14(2)16(3,4)5)12-15-9-7-6-8-10-15/h6-10H,1-2,11-12H2,3-5H3. The van der Waals surface area contributed by atoms with Gasteiger partial charge in [0.25, 0.3) is 0 Å². The second-order valence-electron chi connectivity index (χ2n) is 5.44. The molecule has 0 aliphatic rings. The van der Waals surface area contributed by atoms with Crippen molar-refractivity contribution in [2.45, 2.75) is 33.6 Å². The topological polar surface area (TPSA) is 0 Å². The van der Waals surface area contributed by atoms with Gasteiger partial charge >= 0.3 is 0 Å². The monoisotopic (exact) mass is 214 g/mol. The molecule has 0 heterocycles. The number of allylic oxidation sites excluding steroid dienone is 2. The average molecular weight is 214 g/mol. The molecular formula is C16H22. The highest BCUT2D eigenvalue weighted by Crippen LogP contribution is 2.29. The molecule has 0 spiro atoms. The minimum Gasteiger partial charge on any atom is -0.0992 e. The van der Waals surface area contributed by atoms with Gasteiger partial charge in [-0.2, -0.15) is 0 Å². The zero-order chi connectivity index (χ0) is 12.2. The van der Waals surface area contributed by atoms with Gasteiger partial charge in [-0.25, -0.2) is 0 Å². The van der Waals surface area contributed by atoms with Crippen LogP contribution in [0.5, 0.6) is 0 Å². The second-order valence-corrected chi connectivity index (χ2v) is 5.44. The fourth-order valence-electron chi connectivity index (χ4n) is 1.51. The van der Waals surface area contributed by atoms with E-state index in [1.165, 1.54) is 16.7 Å². The fraction of sp³-hybridized carbons (Fsp3) is 0.375. The second kappa shape index (κ2) is 5.16. The summed E-state index contributed by atoms with van der Waals surface area (Å²) >= 11 is 0. The zero-order valence-electron chi connectivity index (χ0n) is 10.7. The van der Waals surface area contributed by atoms with Gasteiger partial charge in [0.15, 0.2) is 0 Å². The van der Waals surface area contributed by atoms with Crippen LogP contribution in [0.15, 0.2) is 54.6 Å². The van der Waals surface area contributed by atoms with Gasteiger partial charge in [-0.1, -0.05) is 75.4 Å². The van der Waals surface area contributed by atoms with E-state index in [9.17, 15) is 0 Å². The van der Waals surface area contributed by atoms with E-state index in [1.54, 1.807) is 0 Å². The summed E-state index contributed by atoms with van der Waals surface area (Å²) in [6.07, 6.45) is 1.88. The normalized spacial score (nSPS) is 11.2. The van der Waals surface area contributed by atoms with E-state index >= 15 is 0 Å². The molecule has 0 nitrogen and oxygen atoms in total. The van der Waals surface area contributed by atoms with Gasteiger partial charge in [-0.15, -0.1) is 0 Å². The van der Waals surface area contributed by atoms with Gasteiger partial charge in [-0.05, 0) is 23.8 Å². The molecule has 0 amide bonds. The lowest BCUT2D eigenvalue weighted by Crippen LogP contribution is -2.09. The highest BCUT2D eigenvalue weighted by Gasteiger charge is 2.15. The van der Waals surface area contributed by atoms with E-state index in [2.05, 4.69) is 58.2 Å². The Morgan fingerprint density at radius 3 is 2.12 bits per heavy atom. The Morgan fingerprint density at radius 1 is 1.06 bits per heavy atom. The van der Waals surface area contributed by atoms with Crippen LogP contribution in [0.2, 0.25) is 0 Å². The van der Waals surface area contributed by atoms with Crippen LogP contribution in [0.25, 0.3) is 0 Å². The van der Waals surface area contributed by atoms with Crippen LogP contribution in [-0.2, 0) is 6.42 Å². The molecule has 0 aromatic heterocycles. The molecule has 0 fully saturated rings. The summed E-state index contributed by atoms with van der Waals surface area (Å²) in [7, 11) is 0. The lowest BCUT2D eigenvalue weighted by Gasteiger charge is -2.22. The first-order chi connectivity index (χ1) is 7.39. The Labute approximate surface area is 99.7 Å². The van der Waals surface area contributed by atoms with E-state index in [4.69, 9.17) is 0 Å². The molecule has 0 saturated carbocycles. The molecule has 1 aromatic rings. The molecule has 0 N–H and O–H groups in total. The maximum absolute atomic E-state index is 4.15. The van der Waals surface area contributed by atoms with Gasteiger partial charge < -0.3 is 0 Å². The van der Waals surface area contributed by atoms with Crippen LogP contribution in [0.3, 0.4) is 0 Å². The molecule has 0 heteroatoms. The SMILES string of the molecule is C=C(CC(=C)C(C)(C)C)Cc1ccccc1. The molecule has 0 saturated heterocycles. The molecule has 0 bridgehead atoms. The van der Waals surface area contributed by atoms with E-state index in [0.29, 0.717) is 0 Å². The predicted molar refractivity (Wildman–Crippen MR) is 72.5 cm³/mol. The molecule has 16 heavy (non-hydrogen) atoms. The Morgan fingerprint density at radius 2 is 1.62 bits per heavy atom. The Bertz CT molecular complexity index is 363. The highest BCUT2D eigenvalue weighted by molar-refractivity contribution is 5.24. The largest absolute Gasteiger partial charge is 0.0992 e. The van der Waals surface area contributed by atoms with Gasteiger partial charge in [0, 0.05) is 0 Å². The van der Waals surface area contributed by atoms with Crippen molar-refractivity contribution in [2.24, 2.45) is 5.41 Å². The summed E-state index contributed by atoms with van der Waals surface area (Å²) < 4.78 is 0. The first kappa shape index (κ1) is 12.8. The molecule has 0 aliphatic heterocycles. The minimum atomic E-state index is 0.180. The van der Waals surface area contributed by atoms with E-state index in [0.717, 1.165) is 12.8 Å². The highest BCUT2D eigenvalue weighted by atomic mass is 14.2. The van der Waals surface area contributed by atoms with Crippen molar-refractivity contribution in [3.63, 3.8) is 0 Å². The van der Waals surface area contributed by atoms with Crippen LogP contribution in [0.4, 0.5) is 0 Å². The summed E-state index contributed by atoms with van der Waals surface area (Å²) in [6.45, 7) is 14.9. The number of hydrogen-bond acceptors (Lipinski definition) is 0. The van der Waals surface area contributed by atoms with Crippen LogP contribution in [0.1, 0.15) is 32.8 Å². The summed E-state index contributed by atoms with van der Waals surface area (Å²) in [5.41, 5.74) is 4.01. The van der Waals surface area contributed by atoms with Crippen LogP contribution in [-0.4, -0.2) is 0 Å². The molecule has 0 unspecified atom stereocenters. The molecule has 0 aliphatic carbocycles. The molecule has 86 valence electrons. The first-order valence-corrected chi connectivity index (χ1v) is 5.78. The first-order valence-electron chi connectivity index (χ1n) is 5.78. The van der Waals surface area contributed by atoms with Crippen molar-refractivity contribution < 1.29 is 0 Å². The Hall–Kier alpha value is -1.30. The van der Waals surface area contributed by atoms with Crippen molar-refractivity contribution in [3.8, 4) is 0 Å². The van der Waals surface area contributed by atoms with Gasteiger partial charge in [0.1, 0.15) is 0 Å². The van der Waals surface area contributed by atoms with Crippen LogP contribution in [0, 0.1) is 5.41 Å². The third kappa shape index (κ3) is 4.06. The maximum Gasteiger partial charge on any atom is -0.00666 e. The van der Waals surface area contributed by atoms with Gasteiger partial charge in [0.2, 0.25) is 0 Å². The summed E-state index contributed by atoms with van der Waals surface area (Å²) in [5, 5.41) is 0. The van der Waals surface area contributed by atoms with Crippen molar-refractivity contribution in [3.05, 3.63) is 60.2 Å². The fourth-order valence-corrected chi connectivity index (χ4v) is 1.51. The van der Waals surface area contributed by atoms with E-state index < -0.39 is 0 Å². The zero-order valence-corrected chi connectivity index (χ0v) is 10.7. The Kier molecular flexibility index (Phi) is 4.12. The van der Waals surface area contributed by atoms with Crippen LogP contribution >= 0.6 is 0 Å². The number of rotatable bonds is 4. The molecule has 1 aromatic carbocycles. The third-order valence-corrected chi connectivity index (χ3v) is 2.82. The average Bonchev–Trinajstić information content (AvgIpc) is 2.17. The lowest BCUT2D eigenvalue weighted by molar-refractivity contribution is 0.492. The van der Waals surface area contributed by atoms with Crippen molar-refractivity contribution in [1.29, 1.82) is 0 Å². The van der Waals surface area contributed by atoms with Crippen molar-refractivity contribution >= 4 is 0 Å². The third-order valence-electron chi connectivity index (χ3n) is 2.82. The maximum atomic E-state index is 4.15. The van der Waals surface area contributed by atoms with Gasteiger partial charge in [0.05, 0.1) is 0 Å². The number of benzene rings is 1. The summed E-state index contributed by atoms with van der Waals surface area (Å²) in [4.78, 5) is 0. The summed E-state index contributed by atoms with van der Waals surface area (Å²) in [6, 6.07) is 10.5. The van der Waals surface area contributed by atoms with Gasteiger partial charge in [-0.3, -0.25) is 0 Å². The molecule has 0 atom stereocenters. The molecule has 0 radical (unpaired) electrons. The molecular weight excluding hydrogens is 192 g/mol. The van der Waals surface area contributed by atoms with Crippen molar-refractivity contribution in [1.82, 2.24) is 0 Å². The predicted octanol–water partition coefficient (Wildman–Crippen LogP) is 4.78. The van der Waals surface area contributed by atoms with E-state index in [1.807, 2.05) is 6.07 Å².